The lowest BCUT2D eigenvalue weighted by atomic mass is 9.98. The summed E-state index contributed by atoms with van der Waals surface area (Å²) in [5.41, 5.74) is 4.31. The number of aromatic carboxylic acids is 1. The van der Waals surface area contributed by atoms with Crippen molar-refractivity contribution < 1.29 is 29.0 Å². The summed E-state index contributed by atoms with van der Waals surface area (Å²) >= 11 is 0. The van der Waals surface area contributed by atoms with Gasteiger partial charge in [0.2, 0.25) is 0 Å². The molecule has 0 spiro atoms. The maximum atomic E-state index is 12.8. The SMILES string of the molecule is Cn1nc(C(=O)O)cc1NC(=O)[C@H]1OCC[C@H]1NC(=O)OCC1c2ccccc2-c2ccccc21. The molecule has 2 amide bonds. The minimum atomic E-state index is -1.20. The fourth-order valence-corrected chi connectivity index (χ4v) is 4.67. The van der Waals surface area contributed by atoms with Crippen molar-refractivity contribution in [3.05, 3.63) is 71.4 Å². The standard InChI is InChI=1S/C25H24N4O6/c1-29-21(12-20(28-29)24(31)32)27-23(30)22-19(10-11-34-22)26-25(33)35-13-18-16-8-4-2-6-14(16)15-7-3-5-9-17(15)18/h2-9,12,18-19,22H,10-11,13H2,1H3,(H,26,33)(H,27,30)(H,31,32)/t19-,22+/m1/s1. The van der Waals surface area contributed by atoms with Crippen molar-refractivity contribution in [3.63, 3.8) is 0 Å². The largest absolute Gasteiger partial charge is 0.476 e. The van der Waals surface area contributed by atoms with Crippen molar-refractivity contribution in [2.45, 2.75) is 24.5 Å². The molecule has 1 aliphatic heterocycles. The number of carbonyl (C=O) groups is 3. The quantitative estimate of drug-likeness (QED) is 0.498. The monoisotopic (exact) mass is 476 g/mol. The predicted molar refractivity (Wildman–Crippen MR) is 125 cm³/mol. The zero-order valence-corrected chi connectivity index (χ0v) is 18.9. The van der Waals surface area contributed by atoms with E-state index in [4.69, 9.17) is 14.6 Å². The molecule has 3 N–H and O–H groups in total. The van der Waals surface area contributed by atoms with Gasteiger partial charge in [0.25, 0.3) is 5.91 Å². The van der Waals surface area contributed by atoms with E-state index in [1.54, 1.807) is 0 Å². The fraction of sp³-hybridized carbons (Fsp3) is 0.280. The maximum absolute atomic E-state index is 12.8. The van der Waals surface area contributed by atoms with Gasteiger partial charge in [-0.1, -0.05) is 48.5 Å². The molecule has 0 radical (unpaired) electrons. The van der Waals surface area contributed by atoms with E-state index in [-0.39, 0.29) is 30.6 Å². The van der Waals surface area contributed by atoms with E-state index in [9.17, 15) is 14.4 Å². The van der Waals surface area contributed by atoms with Gasteiger partial charge in [0.05, 0.1) is 6.04 Å². The van der Waals surface area contributed by atoms with Gasteiger partial charge in [0.15, 0.2) is 11.8 Å². The molecule has 0 bridgehead atoms. The van der Waals surface area contributed by atoms with Gasteiger partial charge in [-0.2, -0.15) is 5.10 Å². The smallest absolute Gasteiger partial charge is 0.407 e. The topological polar surface area (TPSA) is 132 Å². The van der Waals surface area contributed by atoms with E-state index in [0.717, 1.165) is 22.3 Å². The second-order valence-corrected chi connectivity index (χ2v) is 8.49. The van der Waals surface area contributed by atoms with Crippen LogP contribution in [0.2, 0.25) is 0 Å². The summed E-state index contributed by atoms with van der Waals surface area (Å²) in [5.74, 6) is -1.57. The first-order valence-corrected chi connectivity index (χ1v) is 11.2. The van der Waals surface area contributed by atoms with Crippen molar-refractivity contribution >= 4 is 23.8 Å². The number of ether oxygens (including phenoxy) is 2. The number of rotatable bonds is 6. The molecule has 10 heteroatoms. The van der Waals surface area contributed by atoms with Crippen molar-refractivity contribution in [2.24, 2.45) is 7.05 Å². The minimum Gasteiger partial charge on any atom is -0.476 e. The number of hydrogen-bond donors (Lipinski definition) is 3. The van der Waals surface area contributed by atoms with Crippen LogP contribution in [0.1, 0.15) is 34.0 Å². The Labute approximate surface area is 200 Å². The first-order chi connectivity index (χ1) is 16.9. The van der Waals surface area contributed by atoms with E-state index in [1.807, 2.05) is 36.4 Å². The van der Waals surface area contributed by atoms with Gasteiger partial charge in [0, 0.05) is 25.6 Å². The third-order valence-electron chi connectivity index (χ3n) is 6.35. The number of nitrogens with one attached hydrogen (secondary N) is 2. The Kier molecular flexibility index (Phi) is 5.96. The van der Waals surface area contributed by atoms with Gasteiger partial charge in [0.1, 0.15) is 12.4 Å². The van der Waals surface area contributed by atoms with Gasteiger partial charge in [-0.25, -0.2) is 9.59 Å². The average Bonchev–Trinajstić information content (AvgIpc) is 3.54. The highest BCUT2D eigenvalue weighted by molar-refractivity contribution is 5.96. The molecule has 1 aliphatic carbocycles. The average molecular weight is 476 g/mol. The lowest BCUT2D eigenvalue weighted by molar-refractivity contribution is -0.125. The summed E-state index contributed by atoms with van der Waals surface area (Å²) in [7, 11) is 1.52. The highest BCUT2D eigenvalue weighted by atomic mass is 16.6. The highest BCUT2D eigenvalue weighted by Crippen LogP contribution is 2.44. The van der Waals surface area contributed by atoms with Crippen LogP contribution in [0.15, 0.2) is 54.6 Å². The number of fused-ring (bicyclic) bond motifs is 3. The van der Waals surface area contributed by atoms with Gasteiger partial charge >= 0.3 is 12.1 Å². The van der Waals surface area contributed by atoms with Crippen molar-refractivity contribution in [2.75, 3.05) is 18.5 Å². The molecule has 2 aromatic carbocycles. The Morgan fingerprint density at radius 1 is 1.11 bits per heavy atom. The maximum Gasteiger partial charge on any atom is 0.407 e. The second kappa shape index (κ2) is 9.22. The Hall–Kier alpha value is -4.18. The summed E-state index contributed by atoms with van der Waals surface area (Å²) in [6, 6.07) is 16.8. The van der Waals surface area contributed by atoms with Crippen LogP contribution >= 0.6 is 0 Å². The number of nitrogens with zero attached hydrogens (tertiary/aromatic N) is 2. The molecule has 2 heterocycles. The Balaban J connectivity index is 1.21. The molecule has 1 fully saturated rings. The van der Waals surface area contributed by atoms with E-state index >= 15 is 0 Å². The molecule has 1 aromatic heterocycles. The van der Waals surface area contributed by atoms with Crippen molar-refractivity contribution in [3.8, 4) is 11.1 Å². The number of carboxylic acids is 1. The summed E-state index contributed by atoms with van der Waals surface area (Å²) in [4.78, 5) is 36.5. The number of benzene rings is 2. The number of anilines is 1. The Morgan fingerprint density at radius 2 is 1.77 bits per heavy atom. The number of amides is 2. The molecule has 3 aromatic rings. The number of aryl methyl sites for hydroxylation is 1. The van der Waals surface area contributed by atoms with Gasteiger partial charge in [-0.05, 0) is 28.7 Å². The summed E-state index contributed by atoms with van der Waals surface area (Å²) < 4.78 is 12.4. The highest BCUT2D eigenvalue weighted by Gasteiger charge is 2.37. The zero-order valence-electron chi connectivity index (χ0n) is 18.9. The lowest BCUT2D eigenvalue weighted by Crippen LogP contribution is -2.46. The van der Waals surface area contributed by atoms with Crippen LogP contribution in [0.4, 0.5) is 10.6 Å². The lowest BCUT2D eigenvalue weighted by Gasteiger charge is -2.20. The van der Waals surface area contributed by atoms with E-state index in [2.05, 4.69) is 27.9 Å². The van der Waals surface area contributed by atoms with E-state index in [1.165, 1.54) is 17.8 Å². The van der Waals surface area contributed by atoms with E-state index < -0.39 is 30.1 Å². The zero-order chi connectivity index (χ0) is 24.5. The predicted octanol–water partition coefficient (Wildman–Crippen LogP) is 2.75. The van der Waals surface area contributed by atoms with Crippen molar-refractivity contribution in [1.82, 2.24) is 15.1 Å². The first-order valence-electron chi connectivity index (χ1n) is 11.2. The van der Waals surface area contributed by atoms with Gasteiger partial charge in [-0.3, -0.25) is 9.48 Å². The summed E-state index contributed by atoms with van der Waals surface area (Å²) in [6.45, 7) is 0.454. The summed E-state index contributed by atoms with van der Waals surface area (Å²) in [5, 5.41) is 18.2. The van der Waals surface area contributed by atoms with Crippen LogP contribution in [0.3, 0.4) is 0 Å². The third kappa shape index (κ3) is 4.35. The Bertz CT molecular complexity index is 1260. The van der Waals surface area contributed by atoms with Crippen molar-refractivity contribution in [1.29, 1.82) is 0 Å². The van der Waals surface area contributed by atoms with Gasteiger partial charge in [-0.15, -0.1) is 0 Å². The summed E-state index contributed by atoms with van der Waals surface area (Å²) in [6.07, 6.45) is -1.14. The molecule has 10 nitrogen and oxygen atoms in total. The number of carbonyl (C=O) groups excluding carboxylic acids is 2. The fourth-order valence-electron chi connectivity index (χ4n) is 4.67. The molecule has 35 heavy (non-hydrogen) atoms. The van der Waals surface area contributed by atoms with Crippen LogP contribution in [0.5, 0.6) is 0 Å². The normalized spacial score (nSPS) is 18.5. The van der Waals surface area contributed by atoms with Gasteiger partial charge < -0.3 is 25.2 Å². The van der Waals surface area contributed by atoms with Crippen LogP contribution in [0.25, 0.3) is 11.1 Å². The van der Waals surface area contributed by atoms with Crippen LogP contribution in [-0.2, 0) is 21.3 Å². The third-order valence-corrected chi connectivity index (χ3v) is 6.35. The Morgan fingerprint density at radius 3 is 2.40 bits per heavy atom. The van der Waals surface area contributed by atoms with Crippen LogP contribution < -0.4 is 10.6 Å². The molecular weight excluding hydrogens is 452 g/mol. The molecule has 5 rings (SSSR count). The molecular formula is C25H24N4O6. The number of hydrogen-bond acceptors (Lipinski definition) is 6. The molecule has 180 valence electrons. The minimum absolute atomic E-state index is 0.0691. The number of carboxylic acid groups (broad SMARTS) is 1. The molecule has 0 saturated carbocycles. The van der Waals surface area contributed by atoms with Crippen LogP contribution in [0, 0.1) is 0 Å². The number of alkyl carbamates (subject to hydrolysis) is 1. The van der Waals surface area contributed by atoms with E-state index in [0.29, 0.717) is 6.42 Å². The second-order valence-electron chi connectivity index (χ2n) is 8.49. The van der Waals surface area contributed by atoms with Crippen LogP contribution in [-0.4, -0.2) is 58.2 Å². The molecule has 1 saturated heterocycles. The number of aromatic nitrogens is 2. The first kappa shape index (κ1) is 22.6. The molecule has 2 atom stereocenters. The molecule has 2 aliphatic rings. The molecule has 0 unspecified atom stereocenters.